The number of piperidine rings is 1. The zero-order valence-corrected chi connectivity index (χ0v) is 7.82. The van der Waals surface area contributed by atoms with Gasteiger partial charge in [-0.1, -0.05) is 0 Å². The van der Waals surface area contributed by atoms with Crippen LogP contribution < -0.4 is 0 Å². The summed E-state index contributed by atoms with van der Waals surface area (Å²) in [5.41, 5.74) is 0. The molecule has 1 saturated heterocycles. The molecule has 0 aliphatic carbocycles. The third-order valence-corrected chi connectivity index (χ3v) is 2.07. The smallest absolute Gasteiger partial charge is 0.411 e. The molecular weight excluding hydrogens is 168 g/mol. The average molecular weight is 182 g/mol. The maximum atomic E-state index is 11.3. The molecule has 1 atom stereocenters. The molecule has 0 saturated carbocycles. The normalized spacial score (nSPS) is 18.9. The number of hydrogen-bond acceptors (Lipinski definition) is 3. The lowest BCUT2D eigenvalue weighted by atomic mass is 10.1. The number of amides is 1. The van der Waals surface area contributed by atoms with Gasteiger partial charge in [-0.2, -0.15) is 5.26 Å². The predicted octanol–water partition coefficient (Wildman–Crippen LogP) is 1.52. The Bertz CT molecular complexity index is 216. The first-order valence-electron chi connectivity index (χ1n) is 4.59. The molecule has 1 aliphatic heterocycles. The molecule has 1 aliphatic rings. The van der Waals surface area contributed by atoms with E-state index in [0.29, 0.717) is 0 Å². The number of carbonyl (C=O) groups excluding carboxylic acids is 1. The minimum Gasteiger partial charge on any atom is -0.431 e. The molecule has 1 rings (SSSR count). The summed E-state index contributed by atoms with van der Waals surface area (Å²) in [5, 5.41) is 8.44. The summed E-state index contributed by atoms with van der Waals surface area (Å²) >= 11 is 0. The zero-order valence-electron chi connectivity index (χ0n) is 7.82. The lowest BCUT2D eigenvalue weighted by Gasteiger charge is -2.26. The third kappa shape index (κ3) is 2.94. The van der Waals surface area contributed by atoms with E-state index in [-0.39, 0.29) is 6.09 Å². The number of hydrogen-bond donors (Lipinski definition) is 0. The Balaban J connectivity index is 2.34. The fraction of sp³-hybridized carbons (Fsp3) is 0.778. The van der Waals surface area contributed by atoms with Gasteiger partial charge in [-0.3, -0.25) is 0 Å². The van der Waals surface area contributed by atoms with Crippen LogP contribution in [0.3, 0.4) is 0 Å². The van der Waals surface area contributed by atoms with Gasteiger partial charge >= 0.3 is 6.09 Å². The van der Waals surface area contributed by atoms with Gasteiger partial charge in [0.2, 0.25) is 0 Å². The van der Waals surface area contributed by atoms with Crippen LogP contribution in [0.2, 0.25) is 0 Å². The predicted molar refractivity (Wildman–Crippen MR) is 47.0 cm³/mol. The van der Waals surface area contributed by atoms with Crippen molar-refractivity contribution < 1.29 is 9.53 Å². The maximum Gasteiger partial charge on any atom is 0.411 e. The van der Waals surface area contributed by atoms with Crippen molar-refractivity contribution in [2.24, 2.45) is 0 Å². The molecule has 4 nitrogen and oxygen atoms in total. The van der Waals surface area contributed by atoms with E-state index in [1.54, 1.807) is 11.8 Å². The molecule has 1 unspecified atom stereocenters. The van der Waals surface area contributed by atoms with Gasteiger partial charge in [-0.25, -0.2) is 4.79 Å². The molecular formula is C9H14N2O2. The number of likely N-dealkylation sites (tertiary alicyclic amines) is 1. The van der Waals surface area contributed by atoms with E-state index in [9.17, 15) is 4.79 Å². The fourth-order valence-electron chi connectivity index (χ4n) is 1.33. The first-order valence-corrected chi connectivity index (χ1v) is 4.59. The quantitative estimate of drug-likeness (QED) is 0.617. The van der Waals surface area contributed by atoms with Gasteiger partial charge in [-0.15, -0.1) is 0 Å². The van der Waals surface area contributed by atoms with E-state index >= 15 is 0 Å². The van der Waals surface area contributed by atoms with Gasteiger partial charge in [0.05, 0.1) is 0 Å². The van der Waals surface area contributed by atoms with E-state index in [2.05, 4.69) is 0 Å². The minimum atomic E-state index is -0.644. The highest BCUT2D eigenvalue weighted by Gasteiger charge is 2.19. The van der Waals surface area contributed by atoms with Crippen LogP contribution in [-0.4, -0.2) is 30.2 Å². The standard InChI is InChI=1S/C9H14N2O2/c1-8(7-10)13-9(12)11-5-3-2-4-6-11/h8H,2-6H2,1H3. The average Bonchev–Trinajstić information content (AvgIpc) is 2.19. The number of carbonyl (C=O) groups is 1. The summed E-state index contributed by atoms with van der Waals surface area (Å²) < 4.78 is 4.86. The summed E-state index contributed by atoms with van der Waals surface area (Å²) in [7, 11) is 0. The Labute approximate surface area is 78.1 Å². The molecule has 1 amide bonds. The lowest BCUT2D eigenvalue weighted by molar-refractivity contribution is 0.0820. The van der Waals surface area contributed by atoms with Crippen molar-refractivity contribution in [2.75, 3.05) is 13.1 Å². The van der Waals surface area contributed by atoms with Crippen LogP contribution >= 0.6 is 0 Å². The molecule has 1 fully saturated rings. The highest BCUT2D eigenvalue weighted by Crippen LogP contribution is 2.10. The molecule has 1 heterocycles. The molecule has 4 heteroatoms. The van der Waals surface area contributed by atoms with Gasteiger partial charge < -0.3 is 9.64 Å². The Morgan fingerprint density at radius 3 is 2.62 bits per heavy atom. The molecule has 0 bridgehead atoms. The van der Waals surface area contributed by atoms with E-state index in [4.69, 9.17) is 10.00 Å². The lowest BCUT2D eigenvalue weighted by Crippen LogP contribution is -2.37. The number of ether oxygens (including phenoxy) is 1. The SMILES string of the molecule is CC(C#N)OC(=O)N1CCCCC1. The Kier molecular flexibility index (Phi) is 3.56. The number of nitrogens with zero attached hydrogens (tertiary/aromatic N) is 2. The highest BCUT2D eigenvalue weighted by molar-refractivity contribution is 5.68. The summed E-state index contributed by atoms with van der Waals surface area (Å²) in [6.07, 6.45) is 2.26. The number of rotatable bonds is 1. The summed E-state index contributed by atoms with van der Waals surface area (Å²) in [5.74, 6) is 0. The van der Waals surface area contributed by atoms with Gasteiger partial charge in [0.1, 0.15) is 6.07 Å². The van der Waals surface area contributed by atoms with Crippen molar-refractivity contribution in [1.82, 2.24) is 4.90 Å². The summed E-state index contributed by atoms with van der Waals surface area (Å²) in [4.78, 5) is 13.0. The molecule has 0 aromatic carbocycles. The third-order valence-electron chi connectivity index (χ3n) is 2.07. The minimum absolute atomic E-state index is 0.353. The molecule has 0 aromatic heterocycles. The molecule has 0 N–H and O–H groups in total. The highest BCUT2D eigenvalue weighted by atomic mass is 16.6. The van der Waals surface area contributed by atoms with Crippen LogP contribution in [0.5, 0.6) is 0 Å². The van der Waals surface area contributed by atoms with Crippen molar-refractivity contribution in [3.8, 4) is 6.07 Å². The van der Waals surface area contributed by atoms with E-state index in [1.807, 2.05) is 6.07 Å². The van der Waals surface area contributed by atoms with Gasteiger partial charge in [-0.05, 0) is 26.2 Å². The zero-order chi connectivity index (χ0) is 9.68. The fourth-order valence-corrected chi connectivity index (χ4v) is 1.33. The van der Waals surface area contributed by atoms with Gasteiger partial charge in [0, 0.05) is 13.1 Å². The molecule has 13 heavy (non-hydrogen) atoms. The van der Waals surface area contributed by atoms with Crippen molar-refractivity contribution in [2.45, 2.75) is 32.3 Å². The van der Waals surface area contributed by atoms with Crippen LogP contribution in [0.4, 0.5) is 4.79 Å². The second-order valence-corrected chi connectivity index (χ2v) is 3.20. The van der Waals surface area contributed by atoms with Gasteiger partial charge in [0.25, 0.3) is 0 Å². The monoisotopic (exact) mass is 182 g/mol. The second kappa shape index (κ2) is 4.70. The molecule has 72 valence electrons. The molecule has 0 aromatic rings. The Hall–Kier alpha value is -1.24. The van der Waals surface area contributed by atoms with Crippen LogP contribution in [-0.2, 0) is 4.74 Å². The van der Waals surface area contributed by atoms with Crippen LogP contribution in [0.25, 0.3) is 0 Å². The van der Waals surface area contributed by atoms with E-state index in [1.165, 1.54) is 6.42 Å². The van der Waals surface area contributed by atoms with Crippen molar-refractivity contribution in [3.63, 3.8) is 0 Å². The van der Waals surface area contributed by atoms with Crippen LogP contribution in [0.15, 0.2) is 0 Å². The van der Waals surface area contributed by atoms with Crippen LogP contribution in [0.1, 0.15) is 26.2 Å². The van der Waals surface area contributed by atoms with Crippen molar-refractivity contribution >= 4 is 6.09 Å². The Morgan fingerprint density at radius 1 is 1.46 bits per heavy atom. The first kappa shape index (κ1) is 9.85. The maximum absolute atomic E-state index is 11.3. The van der Waals surface area contributed by atoms with Gasteiger partial charge in [0.15, 0.2) is 6.10 Å². The largest absolute Gasteiger partial charge is 0.431 e. The molecule has 0 spiro atoms. The first-order chi connectivity index (χ1) is 6.24. The van der Waals surface area contributed by atoms with E-state index < -0.39 is 6.10 Å². The summed E-state index contributed by atoms with van der Waals surface area (Å²) in [6.45, 7) is 3.09. The van der Waals surface area contributed by atoms with Crippen LogP contribution in [0, 0.1) is 11.3 Å². The second-order valence-electron chi connectivity index (χ2n) is 3.20. The van der Waals surface area contributed by atoms with Crippen molar-refractivity contribution in [3.05, 3.63) is 0 Å². The molecule has 0 radical (unpaired) electrons. The topological polar surface area (TPSA) is 53.3 Å². The summed E-state index contributed by atoms with van der Waals surface area (Å²) in [6, 6.07) is 1.87. The van der Waals surface area contributed by atoms with E-state index in [0.717, 1.165) is 25.9 Å². The Morgan fingerprint density at radius 2 is 2.08 bits per heavy atom. The number of nitriles is 1. The van der Waals surface area contributed by atoms with Crippen molar-refractivity contribution in [1.29, 1.82) is 5.26 Å².